The molecule has 8 aromatic rings. The number of hydrogen-bond acceptors (Lipinski definition) is 22. The summed E-state index contributed by atoms with van der Waals surface area (Å²) in [6, 6.07) is 32.6. The van der Waals surface area contributed by atoms with Gasteiger partial charge in [-0.2, -0.15) is 0 Å². The number of benzene rings is 6. The average molecular weight is 1530 g/mol. The van der Waals surface area contributed by atoms with E-state index in [2.05, 4.69) is 30.4 Å². The van der Waals surface area contributed by atoms with E-state index in [1.807, 2.05) is 44.8 Å². The van der Waals surface area contributed by atoms with Gasteiger partial charge in [0, 0.05) is 139 Å². The van der Waals surface area contributed by atoms with Crippen molar-refractivity contribution in [3.05, 3.63) is 222 Å². The summed E-state index contributed by atoms with van der Waals surface area (Å²) in [6.07, 6.45) is 4.47. The third-order valence-electron chi connectivity index (χ3n) is 18.3. The number of aromatic nitrogens is 2. The molecule has 4 atom stereocenters. The summed E-state index contributed by atoms with van der Waals surface area (Å²) in [4.78, 5) is 84.3. The number of amides is 4. The number of piperazine rings is 2. The van der Waals surface area contributed by atoms with Crippen LogP contribution in [0.4, 0.5) is 29.7 Å². The first kappa shape index (κ1) is 72.7. The Morgan fingerprint density at radius 3 is 1.29 bits per heavy atom. The van der Waals surface area contributed by atoms with Crippen LogP contribution in [0.1, 0.15) is 47.1 Å². The van der Waals surface area contributed by atoms with Crippen molar-refractivity contribution in [2.45, 2.75) is 53.1 Å². The van der Waals surface area contributed by atoms with Crippen molar-refractivity contribution < 1.29 is 63.7 Å². The first-order valence-corrected chi connectivity index (χ1v) is 38.7. The molecule has 0 unspecified atom stereocenters. The molecule has 0 spiro atoms. The van der Waals surface area contributed by atoms with Crippen molar-refractivity contribution >= 4 is 113 Å². The van der Waals surface area contributed by atoms with Gasteiger partial charge in [-0.3, -0.25) is 29.6 Å². The number of aliphatic imine (C=N–C) groups is 2. The molecular weight excluding hydrogens is 1460 g/mol. The molecule has 0 aliphatic carbocycles. The number of rotatable bonds is 19. The number of hydrogen-bond donors (Lipinski definition) is 2. The second-order valence-corrected chi connectivity index (χ2v) is 32.4. The molecule has 4 amide bonds. The molecule has 0 radical (unpaired) electrons. The Hall–Kier alpha value is -9.66. The van der Waals surface area contributed by atoms with E-state index in [-0.39, 0.29) is 55.1 Å². The van der Waals surface area contributed by atoms with Gasteiger partial charge in [-0.1, -0.05) is 35.3 Å². The molecule has 4 fully saturated rings. The molecule has 104 heavy (non-hydrogen) atoms. The Balaban J connectivity index is 0.000000185. The summed E-state index contributed by atoms with van der Waals surface area (Å²) >= 11 is 15.8. The number of thiazole rings is 2. The fraction of sp³-hybridized carbons (Fsp3) is 0.278. The molecule has 2 N–H and O–H groups in total. The molecule has 0 bridgehead atoms. The highest BCUT2D eigenvalue weighted by molar-refractivity contribution is 7.92. The third-order valence-corrected chi connectivity index (χ3v) is 23.8. The Kier molecular flexibility index (Phi) is 21.4. The number of amidine groups is 2. The van der Waals surface area contributed by atoms with Gasteiger partial charge in [-0.05, 0) is 135 Å². The topological polar surface area (TPSA) is 267 Å². The highest BCUT2D eigenvalue weighted by Crippen LogP contribution is 2.41. The average Bonchev–Trinajstić information content (AvgIpc) is 1.02. The molecule has 6 aliphatic heterocycles. The lowest BCUT2D eigenvalue weighted by Crippen LogP contribution is -2.53. The zero-order valence-corrected chi connectivity index (χ0v) is 61.3. The maximum absolute atomic E-state index is 14.0. The van der Waals surface area contributed by atoms with Crippen LogP contribution in [0.3, 0.4) is 0 Å². The lowest BCUT2D eigenvalue weighted by Gasteiger charge is -2.38. The predicted molar refractivity (Wildman–Crippen MR) is 391 cm³/mol. The first-order valence-electron chi connectivity index (χ1n) is 32.7. The second-order valence-electron chi connectivity index (χ2n) is 25.2. The van der Waals surface area contributed by atoms with Crippen LogP contribution in [-0.4, -0.2) is 185 Å². The summed E-state index contributed by atoms with van der Waals surface area (Å²) in [7, 11) is -4.10. The molecule has 6 aliphatic rings. The lowest BCUT2D eigenvalue weighted by atomic mass is 9.95. The SMILES string of the molecule is COC(=O)C1=C(CN2CCN3C(=O)N(c4ccc(Oc5ccc(S(=O)(=O)C(C)C)cc5)cc4)C[C@@H]3C2)NC(c2nccs2)=N[C@H]1c1ccc(F)cc1Cl.COC(=O)C1=C(CN2CCN3C(=O)N(c4ccc(Oc5ccc(S(C)(=O)=O)cc5)cc4)C[C@@H]3C2)NC(c2nccs2)=N[C@H]1c1ccc(F)cc1Cl. The number of esters is 2. The van der Waals surface area contributed by atoms with Gasteiger partial charge >= 0.3 is 24.0 Å². The number of nitrogens with zero attached hydrogens (tertiary/aromatic N) is 10. The van der Waals surface area contributed by atoms with Gasteiger partial charge in [0.1, 0.15) is 46.7 Å². The van der Waals surface area contributed by atoms with Gasteiger partial charge in [-0.15, -0.1) is 22.7 Å². The van der Waals surface area contributed by atoms with E-state index in [0.717, 1.165) is 11.9 Å². The molecule has 2 aromatic heterocycles. The number of urea groups is 2. The fourth-order valence-corrected chi connectivity index (χ4v) is 16.4. The summed E-state index contributed by atoms with van der Waals surface area (Å²) in [5, 5.41) is 11.3. The van der Waals surface area contributed by atoms with Gasteiger partial charge in [0.25, 0.3) is 0 Å². The first-order chi connectivity index (χ1) is 49.9. The number of fused-ring (bicyclic) bond motifs is 2. The minimum Gasteiger partial charge on any atom is -0.466 e. The van der Waals surface area contributed by atoms with E-state index < -0.39 is 60.6 Å². The summed E-state index contributed by atoms with van der Waals surface area (Å²) < 4.78 is 98.8. The molecule has 24 nitrogen and oxygen atoms in total. The van der Waals surface area contributed by atoms with Crippen LogP contribution in [0.15, 0.2) is 199 Å². The number of anilines is 2. The number of halogens is 4. The molecule has 6 aromatic carbocycles. The lowest BCUT2D eigenvalue weighted by molar-refractivity contribution is -0.137. The Morgan fingerprint density at radius 2 is 0.942 bits per heavy atom. The second kappa shape index (κ2) is 30.6. The van der Waals surface area contributed by atoms with E-state index in [1.165, 1.54) is 97.6 Å². The van der Waals surface area contributed by atoms with Gasteiger partial charge in [-0.25, -0.2) is 54.8 Å². The van der Waals surface area contributed by atoms with Gasteiger partial charge in [0.2, 0.25) is 0 Å². The van der Waals surface area contributed by atoms with Crippen LogP contribution in [0.5, 0.6) is 23.0 Å². The number of carbonyl (C=O) groups is 4. The minimum atomic E-state index is -3.39. The van der Waals surface area contributed by atoms with Crippen molar-refractivity contribution in [3.63, 3.8) is 0 Å². The number of ether oxygens (including phenoxy) is 4. The van der Waals surface area contributed by atoms with Crippen LogP contribution in [0.2, 0.25) is 10.0 Å². The van der Waals surface area contributed by atoms with Crippen molar-refractivity contribution in [3.8, 4) is 23.0 Å². The van der Waals surface area contributed by atoms with E-state index in [1.54, 1.807) is 84.6 Å². The molecule has 4 saturated heterocycles. The Morgan fingerprint density at radius 1 is 0.558 bits per heavy atom. The molecule has 14 rings (SSSR count). The minimum absolute atomic E-state index is 0.0975. The maximum Gasteiger partial charge on any atom is 0.338 e. The normalized spacial score (nSPS) is 19.4. The highest BCUT2D eigenvalue weighted by atomic mass is 35.5. The zero-order chi connectivity index (χ0) is 73.3. The summed E-state index contributed by atoms with van der Waals surface area (Å²) in [6.45, 7) is 7.96. The quantitative estimate of drug-likeness (QED) is 0.0712. The van der Waals surface area contributed by atoms with Crippen LogP contribution < -0.4 is 29.9 Å². The number of sulfone groups is 2. The largest absolute Gasteiger partial charge is 0.466 e. The van der Waals surface area contributed by atoms with E-state index in [0.29, 0.717) is 138 Å². The van der Waals surface area contributed by atoms with Crippen molar-refractivity contribution in [1.82, 2.24) is 40.2 Å². The van der Waals surface area contributed by atoms with E-state index >= 15 is 0 Å². The van der Waals surface area contributed by atoms with Gasteiger partial charge in [0.05, 0.1) is 52.5 Å². The fourth-order valence-electron chi connectivity index (χ4n) is 13.0. The predicted octanol–water partition coefficient (Wildman–Crippen LogP) is 11.3. The highest BCUT2D eigenvalue weighted by Gasteiger charge is 2.45. The van der Waals surface area contributed by atoms with Crippen molar-refractivity contribution in [2.75, 3.05) is 95.7 Å². The third kappa shape index (κ3) is 15.6. The number of nitrogens with one attached hydrogen (secondary N) is 2. The molecular formula is C72H68Cl2F2N12O12S4. The van der Waals surface area contributed by atoms with E-state index in [4.69, 9.17) is 52.1 Å². The van der Waals surface area contributed by atoms with Crippen LogP contribution in [0, 0.1) is 11.6 Å². The Bertz CT molecular complexity index is 4960. The number of methoxy groups -OCH3 is 2. The van der Waals surface area contributed by atoms with Gasteiger partial charge in [0.15, 0.2) is 41.4 Å². The summed E-state index contributed by atoms with van der Waals surface area (Å²) in [5.74, 6) is 0.766. The molecule has 8 heterocycles. The summed E-state index contributed by atoms with van der Waals surface area (Å²) in [5.41, 5.74) is 3.97. The van der Waals surface area contributed by atoms with Gasteiger partial charge < -0.3 is 39.4 Å². The van der Waals surface area contributed by atoms with Crippen LogP contribution in [-0.2, 0) is 38.7 Å². The monoisotopic (exact) mass is 1530 g/mol. The van der Waals surface area contributed by atoms with Crippen molar-refractivity contribution in [2.24, 2.45) is 9.98 Å². The van der Waals surface area contributed by atoms with E-state index in [9.17, 15) is 44.8 Å². The molecule has 540 valence electrons. The molecule has 0 saturated carbocycles. The van der Waals surface area contributed by atoms with Crippen LogP contribution >= 0.6 is 45.9 Å². The van der Waals surface area contributed by atoms with Crippen molar-refractivity contribution in [1.29, 1.82) is 0 Å². The standard InChI is InChI=1S/C37H36ClFN6O6S2.C35H32ClFN6O6S2/c1-22(2)53(48,49)28-11-9-27(10-12-28)51-26-7-5-24(6-8-26)45-20-25-19-43(15-16-44(25)37(45)47)21-31-32(36(46)50-3)33(29-13-4-23(39)18-30(29)38)42-34(41-31)35-40-14-17-52-35;1-48-34(44)30-29(39-32(33-38-13-16-50-33)40-31(30)27-12-3-21(37)17-28(27)36)20-41-14-15-42-23(18-41)19-43(35(42)45)22-4-6-24(7-5-22)49-25-8-10-26(11-9-25)51(2,46)47/h4-14,17-18,22,25,33H,15-16,19-21H2,1-3H3,(H,41,42);3-13,16-17,23,31H,14-15,18-20H2,1-2H3,(H,39,40)/t25-,33-;23-,31-/m00/s1. The van der Waals surface area contributed by atoms with Crippen LogP contribution in [0.25, 0.3) is 0 Å². The molecule has 32 heteroatoms. The smallest absolute Gasteiger partial charge is 0.338 e. The Labute approximate surface area is 616 Å². The zero-order valence-electron chi connectivity index (χ0n) is 56.5. The number of carbonyl (C=O) groups excluding carboxylic acids is 4. The maximum atomic E-state index is 14.0.